The molecule has 0 spiro atoms. The zero-order chi connectivity index (χ0) is 12.1. The van der Waals surface area contributed by atoms with Gasteiger partial charge in [0.15, 0.2) is 0 Å². The van der Waals surface area contributed by atoms with E-state index in [1.54, 1.807) is 0 Å². The maximum Gasteiger partial charge on any atom is 0.223 e. The van der Waals surface area contributed by atoms with Crippen molar-refractivity contribution in [3.63, 3.8) is 0 Å². The average Bonchev–Trinajstić information content (AvgIpc) is 2.80. The van der Waals surface area contributed by atoms with Gasteiger partial charge in [-0.2, -0.15) is 0 Å². The van der Waals surface area contributed by atoms with Gasteiger partial charge < -0.3 is 10.1 Å². The Balaban J connectivity index is 1.73. The van der Waals surface area contributed by atoms with Crippen LogP contribution in [0.15, 0.2) is 0 Å². The molecule has 0 atom stereocenters. The van der Waals surface area contributed by atoms with Crippen LogP contribution in [0, 0.1) is 11.3 Å². The number of carbonyl (C=O) groups excluding carboxylic acids is 1. The Morgan fingerprint density at radius 2 is 2.00 bits per heavy atom. The van der Waals surface area contributed by atoms with Gasteiger partial charge in [0.25, 0.3) is 0 Å². The van der Waals surface area contributed by atoms with E-state index in [4.69, 9.17) is 4.74 Å². The molecule has 0 aliphatic heterocycles. The molecule has 0 unspecified atom stereocenters. The molecule has 0 bridgehead atoms. The molecule has 1 N–H and O–H groups in total. The van der Waals surface area contributed by atoms with Crippen molar-refractivity contribution in [2.45, 2.75) is 51.9 Å². The van der Waals surface area contributed by atoms with Gasteiger partial charge in [-0.05, 0) is 32.6 Å². The van der Waals surface area contributed by atoms with Crippen molar-refractivity contribution in [2.24, 2.45) is 11.3 Å². The fourth-order valence-electron chi connectivity index (χ4n) is 2.97. The molecular formula is C14H25NO2. The molecule has 0 aromatic heterocycles. The second-order valence-electron chi connectivity index (χ2n) is 5.69. The molecule has 0 aromatic carbocycles. The summed E-state index contributed by atoms with van der Waals surface area (Å²) in [5, 5.41) is 3.16. The molecule has 0 heterocycles. The molecule has 17 heavy (non-hydrogen) atoms. The smallest absolute Gasteiger partial charge is 0.223 e. The Morgan fingerprint density at radius 1 is 1.29 bits per heavy atom. The normalized spacial score (nSPS) is 23.4. The number of hydrogen-bond donors (Lipinski definition) is 1. The summed E-state index contributed by atoms with van der Waals surface area (Å²) in [4.78, 5) is 12.0. The Kier molecular flexibility index (Phi) is 4.43. The Labute approximate surface area is 104 Å². The van der Waals surface area contributed by atoms with Crippen molar-refractivity contribution in [1.82, 2.24) is 5.32 Å². The van der Waals surface area contributed by atoms with E-state index in [2.05, 4.69) is 5.32 Å². The zero-order valence-corrected chi connectivity index (χ0v) is 11.0. The lowest BCUT2D eigenvalue weighted by molar-refractivity contribution is -0.126. The highest BCUT2D eigenvalue weighted by Crippen LogP contribution is 2.40. The second-order valence-corrected chi connectivity index (χ2v) is 5.69. The van der Waals surface area contributed by atoms with Gasteiger partial charge >= 0.3 is 0 Å². The highest BCUT2D eigenvalue weighted by molar-refractivity contribution is 5.78. The molecule has 0 radical (unpaired) electrons. The van der Waals surface area contributed by atoms with E-state index in [1.165, 1.54) is 32.1 Å². The Bertz CT molecular complexity index is 255. The van der Waals surface area contributed by atoms with Gasteiger partial charge in [0.2, 0.25) is 5.91 Å². The number of nitrogens with one attached hydrogen (secondary N) is 1. The van der Waals surface area contributed by atoms with E-state index < -0.39 is 0 Å². The minimum atomic E-state index is 0.254. The highest BCUT2D eigenvalue weighted by Gasteiger charge is 2.38. The summed E-state index contributed by atoms with van der Waals surface area (Å²) in [6.07, 6.45) is 8.32. The van der Waals surface area contributed by atoms with Crippen LogP contribution in [0.25, 0.3) is 0 Å². The van der Waals surface area contributed by atoms with Crippen molar-refractivity contribution < 1.29 is 9.53 Å². The van der Waals surface area contributed by atoms with E-state index in [0.717, 1.165) is 32.6 Å². The maximum absolute atomic E-state index is 12.0. The van der Waals surface area contributed by atoms with Crippen molar-refractivity contribution in [1.29, 1.82) is 0 Å². The summed E-state index contributed by atoms with van der Waals surface area (Å²) in [6, 6.07) is 0. The Morgan fingerprint density at radius 3 is 2.53 bits per heavy atom. The number of carbonyl (C=O) groups is 1. The van der Waals surface area contributed by atoms with Crippen LogP contribution in [0.5, 0.6) is 0 Å². The summed E-state index contributed by atoms with van der Waals surface area (Å²) >= 11 is 0. The van der Waals surface area contributed by atoms with Gasteiger partial charge in [-0.15, -0.1) is 0 Å². The number of rotatable bonds is 6. The largest absolute Gasteiger partial charge is 0.381 e. The molecule has 2 aliphatic carbocycles. The fourth-order valence-corrected chi connectivity index (χ4v) is 2.97. The lowest BCUT2D eigenvalue weighted by Crippen LogP contribution is -2.46. The fraction of sp³-hybridized carbons (Fsp3) is 0.929. The summed E-state index contributed by atoms with van der Waals surface area (Å²) in [6.45, 7) is 4.44. The first-order valence-electron chi connectivity index (χ1n) is 7.11. The van der Waals surface area contributed by atoms with E-state index in [9.17, 15) is 4.79 Å². The first-order chi connectivity index (χ1) is 8.26. The van der Waals surface area contributed by atoms with Crippen LogP contribution < -0.4 is 5.32 Å². The summed E-state index contributed by atoms with van der Waals surface area (Å²) in [5.41, 5.74) is 0.254. The van der Waals surface area contributed by atoms with Crippen LogP contribution in [-0.2, 0) is 9.53 Å². The van der Waals surface area contributed by atoms with Crippen LogP contribution in [0.1, 0.15) is 51.9 Å². The van der Waals surface area contributed by atoms with Gasteiger partial charge in [-0.25, -0.2) is 0 Å². The van der Waals surface area contributed by atoms with Gasteiger partial charge in [-0.3, -0.25) is 4.79 Å². The molecule has 1 amide bonds. The van der Waals surface area contributed by atoms with Crippen LogP contribution in [0.2, 0.25) is 0 Å². The molecule has 2 aliphatic rings. The van der Waals surface area contributed by atoms with Crippen LogP contribution in [0.3, 0.4) is 0 Å². The monoisotopic (exact) mass is 239 g/mol. The molecule has 2 rings (SSSR count). The molecule has 3 nitrogen and oxygen atoms in total. The van der Waals surface area contributed by atoms with E-state index in [1.807, 2.05) is 6.92 Å². The lowest BCUT2D eigenvalue weighted by Gasteiger charge is -2.41. The molecule has 3 heteroatoms. The van der Waals surface area contributed by atoms with Gasteiger partial charge in [0.05, 0.1) is 6.61 Å². The summed E-state index contributed by atoms with van der Waals surface area (Å²) in [7, 11) is 0. The van der Waals surface area contributed by atoms with Gasteiger partial charge in [0.1, 0.15) is 0 Å². The van der Waals surface area contributed by atoms with Gasteiger partial charge in [-0.1, -0.05) is 19.3 Å². The number of amides is 1. The molecule has 0 saturated heterocycles. The van der Waals surface area contributed by atoms with Gasteiger partial charge in [0, 0.05) is 24.5 Å². The third-order valence-electron chi connectivity index (χ3n) is 4.39. The maximum atomic E-state index is 12.0. The first kappa shape index (κ1) is 12.9. The lowest BCUT2D eigenvalue weighted by atomic mass is 9.69. The molecule has 98 valence electrons. The molecule has 0 aromatic rings. The molecule has 2 saturated carbocycles. The molecular weight excluding hydrogens is 214 g/mol. The zero-order valence-electron chi connectivity index (χ0n) is 11.0. The number of ether oxygens (including phenoxy) is 1. The third kappa shape index (κ3) is 3.21. The van der Waals surface area contributed by atoms with Crippen molar-refractivity contribution in [3.8, 4) is 0 Å². The van der Waals surface area contributed by atoms with E-state index in [-0.39, 0.29) is 11.3 Å². The highest BCUT2D eigenvalue weighted by atomic mass is 16.5. The van der Waals surface area contributed by atoms with Crippen LogP contribution in [0.4, 0.5) is 0 Å². The summed E-state index contributed by atoms with van der Waals surface area (Å²) in [5.74, 6) is 0.574. The summed E-state index contributed by atoms with van der Waals surface area (Å²) < 4.78 is 5.55. The van der Waals surface area contributed by atoms with Crippen molar-refractivity contribution >= 4 is 5.91 Å². The van der Waals surface area contributed by atoms with E-state index in [0.29, 0.717) is 5.92 Å². The van der Waals surface area contributed by atoms with Crippen molar-refractivity contribution in [3.05, 3.63) is 0 Å². The van der Waals surface area contributed by atoms with Crippen LogP contribution >= 0.6 is 0 Å². The molecule has 2 fully saturated rings. The standard InChI is InChI=1S/C14H25NO2/c1-2-17-11-14(8-5-9-14)10-15-13(16)12-6-3-4-7-12/h12H,2-11H2,1H3,(H,15,16). The van der Waals surface area contributed by atoms with Crippen LogP contribution in [-0.4, -0.2) is 25.7 Å². The quantitative estimate of drug-likeness (QED) is 0.773. The number of hydrogen-bond acceptors (Lipinski definition) is 2. The van der Waals surface area contributed by atoms with E-state index >= 15 is 0 Å². The average molecular weight is 239 g/mol. The first-order valence-corrected chi connectivity index (χ1v) is 7.11. The second kappa shape index (κ2) is 5.85. The third-order valence-corrected chi connectivity index (χ3v) is 4.39. The minimum absolute atomic E-state index is 0.254. The predicted octanol–water partition coefficient (Wildman–Crippen LogP) is 2.50. The van der Waals surface area contributed by atoms with Crippen molar-refractivity contribution in [2.75, 3.05) is 19.8 Å². The Hall–Kier alpha value is -0.570. The minimum Gasteiger partial charge on any atom is -0.381 e. The predicted molar refractivity (Wildman–Crippen MR) is 67.7 cm³/mol. The topological polar surface area (TPSA) is 38.3 Å². The SMILES string of the molecule is CCOCC1(CNC(=O)C2CCCC2)CCC1.